The molecule has 2 amide bonds. The van der Waals surface area contributed by atoms with Gasteiger partial charge in [0.2, 0.25) is 5.91 Å². The van der Waals surface area contributed by atoms with Crippen LogP contribution in [-0.4, -0.2) is 40.9 Å². The van der Waals surface area contributed by atoms with Gasteiger partial charge in [-0.1, -0.05) is 122 Å². The van der Waals surface area contributed by atoms with Crippen molar-refractivity contribution < 1.29 is 38.6 Å². The van der Waals surface area contributed by atoms with Gasteiger partial charge in [-0.25, -0.2) is 14.4 Å². The molecule has 264 valence electrons. The van der Waals surface area contributed by atoms with Crippen LogP contribution in [-0.2, 0) is 48.1 Å². The highest BCUT2D eigenvalue weighted by Gasteiger charge is 2.32. The molecule has 2 N–H and O–H groups in total. The van der Waals surface area contributed by atoms with Crippen LogP contribution in [0.3, 0.4) is 0 Å². The molecule has 0 aliphatic heterocycles. The summed E-state index contributed by atoms with van der Waals surface area (Å²) in [5, 5.41) is 12.1. The van der Waals surface area contributed by atoms with Crippen LogP contribution in [0.1, 0.15) is 58.1 Å². The third-order valence-corrected chi connectivity index (χ3v) is 8.27. The number of ether oxygens (including phenoxy) is 2. The van der Waals surface area contributed by atoms with Crippen LogP contribution < -0.4 is 10.2 Å². The number of nitrogens with zero attached hydrogens (tertiary/aromatic N) is 1. The second kappa shape index (κ2) is 17.4. The number of amides is 2. The summed E-state index contributed by atoms with van der Waals surface area (Å²) in [7, 11) is 0. The summed E-state index contributed by atoms with van der Waals surface area (Å²) in [5.41, 5.74) is 3.68. The molecule has 0 aliphatic carbocycles. The molecular weight excluding hydrogens is 660 g/mol. The number of para-hydroxylation sites is 1. The fourth-order valence-electron chi connectivity index (χ4n) is 5.77. The van der Waals surface area contributed by atoms with E-state index in [-0.39, 0.29) is 30.0 Å². The highest BCUT2D eigenvalue weighted by Crippen LogP contribution is 2.35. The highest BCUT2D eigenvalue weighted by molar-refractivity contribution is 6.40. The van der Waals surface area contributed by atoms with Gasteiger partial charge in [0.05, 0.1) is 16.9 Å². The molecule has 5 aromatic rings. The zero-order valence-electron chi connectivity index (χ0n) is 28.7. The van der Waals surface area contributed by atoms with Crippen molar-refractivity contribution in [3.63, 3.8) is 0 Å². The molecule has 5 rings (SSSR count). The van der Waals surface area contributed by atoms with Crippen molar-refractivity contribution in [3.8, 4) is 0 Å². The van der Waals surface area contributed by atoms with Gasteiger partial charge in [-0.05, 0) is 52.4 Å². The summed E-state index contributed by atoms with van der Waals surface area (Å²) >= 11 is 0. The van der Waals surface area contributed by atoms with E-state index in [4.69, 9.17) is 9.47 Å². The van der Waals surface area contributed by atoms with Gasteiger partial charge in [0.15, 0.2) is 6.10 Å². The quantitative estimate of drug-likeness (QED) is 0.102. The zero-order valence-corrected chi connectivity index (χ0v) is 28.7. The third-order valence-electron chi connectivity index (χ3n) is 8.27. The number of esters is 2. The average Bonchev–Trinajstić information content (AvgIpc) is 3.17. The molecule has 10 nitrogen and oxygen atoms in total. The summed E-state index contributed by atoms with van der Waals surface area (Å²) in [5.74, 6) is -4.63. The van der Waals surface area contributed by atoms with Gasteiger partial charge >= 0.3 is 23.8 Å². The van der Waals surface area contributed by atoms with Crippen LogP contribution in [0.5, 0.6) is 0 Å². The first-order valence-corrected chi connectivity index (χ1v) is 16.7. The molecule has 10 heteroatoms. The monoisotopic (exact) mass is 698 g/mol. The lowest BCUT2D eigenvalue weighted by molar-refractivity contribution is -0.154. The first-order chi connectivity index (χ1) is 25.2. The Hall–Kier alpha value is -6.55. The molecular formula is C42H38N2O8. The van der Waals surface area contributed by atoms with Gasteiger partial charge in [0, 0.05) is 13.3 Å². The standard InChI is InChI=1S/C42H38N2O8/c1-3-31-25-30(26-35(40(47)48)43-28(2)45)23-24-36(31)44(39(46)42(50)51-27-29-15-7-4-8-16-29)37-22-14-13-21-34(37)41(49)52-38(32-17-9-5-10-18-32)33-19-11-6-12-20-33/h4-25,35,38H,3,26-27H2,1-2H3,(H,43,45)(H,47,48). The fourth-order valence-corrected chi connectivity index (χ4v) is 5.77. The number of benzene rings is 5. The van der Waals surface area contributed by atoms with E-state index in [1.54, 1.807) is 60.7 Å². The van der Waals surface area contributed by atoms with Crippen molar-refractivity contribution in [1.82, 2.24) is 5.32 Å². The van der Waals surface area contributed by atoms with Crippen LogP contribution in [0, 0.1) is 0 Å². The SMILES string of the molecule is CCc1cc(CC(NC(C)=O)C(=O)O)ccc1N(C(=O)C(=O)OCc1ccccc1)c1ccccc1C(=O)OC(c1ccccc1)c1ccccc1. The average molecular weight is 699 g/mol. The predicted molar refractivity (Wildman–Crippen MR) is 195 cm³/mol. The smallest absolute Gasteiger partial charge is 0.398 e. The minimum Gasteiger partial charge on any atom is -0.480 e. The molecule has 0 aliphatic rings. The van der Waals surface area contributed by atoms with Crippen molar-refractivity contribution in [1.29, 1.82) is 0 Å². The molecule has 0 saturated carbocycles. The third kappa shape index (κ3) is 9.16. The lowest BCUT2D eigenvalue weighted by Crippen LogP contribution is -2.41. The van der Waals surface area contributed by atoms with Crippen molar-refractivity contribution in [2.24, 2.45) is 0 Å². The molecule has 1 unspecified atom stereocenters. The Balaban J connectivity index is 1.56. The summed E-state index contributed by atoms with van der Waals surface area (Å²) in [6.45, 7) is 2.92. The maximum absolute atomic E-state index is 14.2. The minimum absolute atomic E-state index is 0.0197. The van der Waals surface area contributed by atoms with E-state index in [1.807, 2.05) is 73.7 Å². The molecule has 1 atom stereocenters. The van der Waals surface area contributed by atoms with E-state index in [1.165, 1.54) is 13.0 Å². The van der Waals surface area contributed by atoms with Crippen molar-refractivity contribution >= 4 is 41.1 Å². The first-order valence-electron chi connectivity index (χ1n) is 16.7. The second-order valence-corrected chi connectivity index (χ2v) is 11.9. The number of nitrogens with one attached hydrogen (secondary N) is 1. The van der Waals surface area contributed by atoms with E-state index in [9.17, 15) is 29.1 Å². The molecule has 0 spiro atoms. The number of aliphatic carboxylic acids is 1. The van der Waals surface area contributed by atoms with Crippen molar-refractivity contribution in [2.75, 3.05) is 4.90 Å². The van der Waals surface area contributed by atoms with E-state index in [0.717, 1.165) is 16.0 Å². The Morgan fingerprint density at radius 2 is 1.29 bits per heavy atom. The Bertz CT molecular complexity index is 1990. The number of hydrogen-bond acceptors (Lipinski definition) is 7. The van der Waals surface area contributed by atoms with E-state index >= 15 is 0 Å². The second-order valence-electron chi connectivity index (χ2n) is 11.9. The van der Waals surface area contributed by atoms with Gasteiger partial charge in [0.25, 0.3) is 0 Å². The molecule has 0 bridgehead atoms. The Kier molecular flexibility index (Phi) is 12.3. The number of anilines is 2. The van der Waals surface area contributed by atoms with Gasteiger partial charge in [-0.2, -0.15) is 0 Å². The summed E-state index contributed by atoms with van der Waals surface area (Å²) in [4.78, 5) is 66.6. The minimum atomic E-state index is -1.20. The maximum Gasteiger partial charge on any atom is 0.398 e. The van der Waals surface area contributed by atoms with Crippen molar-refractivity contribution in [3.05, 3.63) is 167 Å². The Labute approximate surface area is 301 Å². The molecule has 52 heavy (non-hydrogen) atoms. The lowest BCUT2D eigenvalue weighted by Gasteiger charge is -2.27. The number of aryl methyl sites for hydroxylation is 1. The van der Waals surface area contributed by atoms with Gasteiger partial charge < -0.3 is 19.9 Å². The lowest BCUT2D eigenvalue weighted by atomic mass is 9.99. The number of carboxylic acids is 1. The highest BCUT2D eigenvalue weighted by atomic mass is 16.5. The van der Waals surface area contributed by atoms with Crippen LogP contribution >= 0.6 is 0 Å². The molecule has 5 aromatic carbocycles. The summed E-state index contributed by atoms with van der Waals surface area (Å²) in [6.07, 6.45) is -0.446. The number of carboxylic acid groups (broad SMARTS) is 1. The number of rotatable bonds is 13. The fraction of sp³-hybridized carbons (Fsp3) is 0.167. The number of hydrogen-bond donors (Lipinski definition) is 2. The van der Waals surface area contributed by atoms with E-state index in [2.05, 4.69) is 5.32 Å². The Morgan fingerprint density at radius 1 is 0.712 bits per heavy atom. The first kappa shape index (κ1) is 36.7. The Morgan fingerprint density at radius 3 is 1.87 bits per heavy atom. The van der Waals surface area contributed by atoms with E-state index in [0.29, 0.717) is 23.1 Å². The van der Waals surface area contributed by atoms with Crippen LogP contribution in [0.2, 0.25) is 0 Å². The topological polar surface area (TPSA) is 139 Å². The predicted octanol–water partition coefficient (Wildman–Crippen LogP) is 6.74. The molecule has 0 radical (unpaired) electrons. The zero-order chi connectivity index (χ0) is 37.0. The molecule has 0 fully saturated rings. The molecule has 0 saturated heterocycles. The largest absolute Gasteiger partial charge is 0.480 e. The normalized spacial score (nSPS) is 11.3. The molecule has 0 aromatic heterocycles. The van der Waals surface area contributed by atoms with Crippen molar-refractivity contribution in [2.45, 2.75) is 45.4 Å². The van der Waals surface area contributed by atoms with E-state index < -0.39 is 41.9 Å². The van der Waals surface area contributed by atoms with Crippen LogP contribution in [0.4, 0.5) is 11.4 Å². The molecule has 0 heterocycles. The van der Waals surface area contributed by atoms with Gasteiger partial charge in [-0.15, -0.1) is 0 Å². The van der Waals surface area contributed by atoms with Gasteiger partial charge in [0.1, 0.15) is 12.6 Å². The van der Waals surface area contributed by atoms with Gasteiger partial charge in [-0.3, -0.25) is 14.5 Å². The number of carbonyl (C=O) groups is 5. The summed E-state index contributed by atoms with van der Waals surface area (Å²) in [6, 6.07) is 37.5. The summed E-state index contributed by atoms with van der Waals surface area (Å²) < 4.78 is 11.6. The van der Waals surface area contributed by atoms with Crippen LogP contribution in [0.25, 0.3) is 0 Å². The number of carbonyl (C=O) groups excluding carboxylic acids is 4. The maximum atomic E-state index is 14.2. The van der Waals surface area contributed by atoms with Crippen LogP contribution in [0.15, 0.2) is 133 Å².